The van der Waals surface area contributed by atoms with E-state index >= 15 is 0 Å². The van der Waals surface area contributed by atoms with Gasteiger partial charge in [-0.3, -0.25) is 4.79 Å². The van der Waals surface area contributed by atoms with Gasteiger partial charge in [0.2, 0.25) is 5.91 Å². The first-order valence-corrected chi connectivity index (χ1v) is 9.65. The number of nitrogens with zero attached hydrogens (tertiary/aromatic N) is 1. The van der Waals surface area contributed by atoms with Crippen LogP contribution < -0.4 is 0 Å². The molecule has 0 atom stereocenters. The fourth-order valence-electron chi connectivity index (χ4n) is 2.24. The Morgan fingerprint density at radius 3 is 2.08 bits per heavy atom. The van der Waals surface area contributed by atoms with E-state index in [9.17, 15) is 13.2 Å². The topological polar surface area (TPSA) is 54.5 Å². The second kappa shape index (κ2) is 7.81. The van der Waals surface area contributed by atoms with E-state index in [4.69, 9.17) is 11.6 Å². The second-order valence-electron chi connectivity index (χ2n) is 5.63. The van der Waals surface area contributed by atoms with Crippen LogP contribution in [0.3, 0.4) is 0 Å². The van der Waals surface area contributed by atoms with E-state index in [-0.39, 0.29) is 4.90 Å². The third-order valence-corrected chi connectivity index (χ3v) is 5.63. The summed E-state index contributed by atoms with van der Waals surface area (Å²) in [6.07, 6.45) is 0.953. The first kappa shape index (κ1) is 18.5. The molecule has 128 valence electrons. The molecular formula is C18H20ClNO3S. The molecule has 0 fully saturated rings. The highest BCUT2D eigenvalue weighted by molar-refractivity contribution is 7.92. The zero-order valence-corrected chi connectivity index (χ0v) is 15.3. The second-order valence-corrected chi connectivity index (χ2v) is 8.06. The van der Waals surface area contributed by atoms with Gasteiger partial charge in [0, 0.05) is 18.6 Å². The Bertz CT molecular complexity index is 799. The number of carbonyl (C=O) groups excluding carboxylic acids is 1. The van der Waals surface area contributed by atoms with Crippen molar-refractivity contribution in [1.82, 2.24) is 4.90 Å². The van der Waals surface area contributed by atoms with Crippen molar-refractivity contribution in [1.29, 1.82) is 0 Å². The summed E-state index contributed by atoms with van der Waals surface area (Å²) >= 11 is 5.76. The Morgan fingerprint density at radius 2 is 1.54 bits per heavy atom. The summed E-state index contributed by atoms with van der Waals surface area (Å²) in [4.78, 5) is 13.8. The first-order chi connectivity index (χ1) is 11.3. The highest BCUT2D eigenvalue weighted by atomic mass is 35.5. The molecule has 0 spiro atoms. The highest BCUT2D eigenvalue weighted by Gasteiger charge is 2.21. The number of benzene rings is 2. The number of hydrogen-bond acceptors (Lipinski definition) is 3. The smallest absolute Gasteiger partial charge is 0.238 e. The van der Waals surface area contributed by atoms with Crippen molar-refractivity contribution >= 4 is 27.3 Å². The number of sulfone groups is 1. The van der Waals surface area contributed by atoms with Gasteiger partial charge in [-0.1, -0.05) is 42.8 Å². The molecule has 0 radical (unpaired) electrons. The average Bonchev–Trinajstić information content (AvgIpc) is 2.55. The van der Waals surface area contributed by atoms with Gasteiger partial charge >= 0.3 is 0 Å². The largest absolute Gasteiger partial charge is 0.341 e. The molecule has 2 aromatic carbocycles. The fraction of sp³-hybridized carbons (Fsp3) is 0.278. The summed E-state index contributed by atoms with van der Waals surface area (Å²) in [6.45, 7) is 2.45. The van der Waals surface area contributed by atoms with E-state index < -0.39 is 21.5 Å². The maximum Gasteiger partial charge on any atom is 0.238 e. The summed E-state index contributed by atoms with van der Waals surface area (Å²) in [5.74, 6) is -0.998. The SMILES string of the molecule is CCc1ccc(CN(C)C(=O)CS(=O)(=O)c2ccc(Cl)cc2)cc1. The number of hydrogen-bond donors (Lipinski definition) is 0. The number of aryl methyl sites for hydroxylation is 1. The zero-order valence-electron chi connectivity index (χ0n) is 13.7. The Hall–Kier alpha value is -1.85. The van der Waals surface area contributed by atoms with Crippen molar-refractivity contribution in [3.63, 3.8) is 0 Å². The molecule has 0 heterocycles. The number of amides is 1. The predicted octanol–water partition coefficient (Wildman–Crippen LogP) is 3.33. The minimum atomic E-state index is -3.67. The van der Waals surface area contributed by atoms with Crippen LogP contribution in [-0.4, -0.2) is 32.0 Å². The molecule has 2 rings (SSSR count). The van der Waals surface area contributed by atoms with Crippen molar-refractivity contribution < 1.29 is 13.2 Å². The Labute approximate surface area is 148 Å². The lowest BCUT2D eigenvalue weighted by Gasteiger charge is -2.17. The molecule has 6 heteroatoms. The van der Waals surface area contributed by atoms with Crippen LogP contribution in [0, 0.1) is 0 Å². The quantitative estimate of drug-likeness (QED) is 0.788. The lowest BCUT2D eigenvalue weighted by molar-refractivity contribution is -0.127. The lowest BCUT2D eigenvalue weighted by atomic mass is 10.1. The Kier molecular flexibility index (Phi) is 6.02. The van der Waals surface area contributed by atoms with Crippen molar-refractivity contribution in [3.05, 3.63) is 64.7 Å². The molecule has 0 unspecified atom stereocenters. The molecule has 0 aliphatic carbocycles. The van der Waals surface area contributed by atoms with E-state index in [2.05, 4.69) is 6.92 Å². The number of rotatable bonds is 6. The van der Waals surface area contributed by atoms with Crippen LogP contribution in [0.1, 0.15) is 18.1 Å². The molecule has 4 nitrogen and oxygen atoms in total. The summed E-state index contributed by atoms with van der Waals surface area (Å²) in [5, 5.41) is 0.452. The molecule has 0 aliphatic heterocycles. The Morgan fingerprint density at radius 1 is 1.00 bits per heavy atom. The van der Waals surface area contributed by atoms with E-state index in [0.29, 0.717) is 11.6 Å². The normalized spacial score (nSPS) is 11.3. The third-order valence-electron chi connectivity index (χ3n) is 3.76. The van der Waals surface area contributed by atoms with Gasteiger partial charge in [-0.25, -0.2) is 8.42 Å². The van der Waals surface area contributed by atoms with Gasteiger partial charge in [-0.15, -0.1) is 0 Å². The zero-order chi connectivity index (χ0) is 17.7. The standard InChI is InChI=1S/C18H20ClNO3S/c1-3-14-4-6-15(7-5-14)12-20(2)18(21)13-24(22,23)17-10-8-16(19)9-11-17/h4-11H,3,12-13H2,1-2H3. The molecule has 0 N–H and O–H groups in total. The van der Waals surface area contributed by atoms with Crippen LogP contribution in [0.5, 0.6) is 0 Å². The van der Waals surface area contributed by atoms with Gasteiger partial charge < -0.3 is 4.90 Å². The minimum absolute atomic E-state index is 0.0981. The summed E-state index contributed by atoms with van der Waals surface area (Å²) in [7, 11) is -2.07. The van der Waals surface area contributed by atoms with Gasteiger partial charge in [0.25, 0.3) is 0 Å². The molecule has 0 aliphatic rings. The maximum atomic E-state index is 12.3. The van der Waals surface area contributed by atoms with Crippen LogP contribution in [0.25, 0.3) is 0 Å². The Balaban J connectivity index is 2.03. The monoisotopic (exact) mass is 365 g/mol. The molecule has 0 aromatic heterocycles. The first-order valence-electron chi connectivity index (χ1n) is 7.62. The van der Waals surface area contributed by atoms with Gasteiger partial charge in [-0.2, -0.15) is 0 Å². The van der Waals surface area contributed by atoms with Gasteiger partial charge in [0.05, 0.1) is 4.90 Å². The molecule has 0 saturated heterocycles. The van der Waals surface area contributed by atoms with Crippen LogP contribution in [-0.2, 0) is 27.6 Å². The molecule has 24 heavy (non-hydrogen) atoms. The third kappa shape index (κ3) is 4.82. The fourth-order valence-corrected chi connectivity index (χ4v) is 3.63. The van der Waals surface area contributed by atoms with Crippen molar-refractivity contribution in [3.8, 4) is 0 Å². The van der Waals surface area contributed by atoms with Crippen molar-refractivity contribution in [2.45, 2.75) is 24.8 Å². The van der Waals surface area contributed by atoms with E-state index in [0.717, 1.165) is 12.0 Å². The highest BCUT2D eigenvalue weighted by Crippen LogP contribution is 2.16. The predicted molar refractivity (Wildman–Crippen MR) is 95.8 cm³/mol. The number of carbonyl (C=O) groups is 1. The molecule has 0 bridgehead atoms. The van der Waals surface area contributed by atoms with Gasteiger partial charge in [-0.05, 0) is 41.8 Å². The minimum Gasteiger partial charge on any atom is -0.341 e. The maximum absolute atomic E-state index is 12.3. The van der Waals surface area contributed by atoms with Gasteiger partial charge in [0.15, 0.2) is 9.84 Å². The summed E-state index contributed by atoms with van der Waals surface area (Å²) < 4.78 is 24.6. The molecule has 1 amide bonds. The van der Waals surface area contributed by atoms with Crippen molar-refractivity contribution in [2.75, 3.05) is 12.8 Å². The molecule has 0 saturated carbocycles. The van der Waals surface area contributed by atoms with Crippen LogP contribution >= 0.6 is 11.6 Å². The molecule has 2 aromatic rings. The number of halogens is 1. The van der Waals surface area contributed by atoms with E-state index in [1.54, 1.807) is 7.05 Å². The average molecular weight is 366 g/mol. The van der Waals surface area contributed by atoms with Crippen LogP contribution in [0.4, 0.5) is 0 Å². The summed E-state index contributed by atoms with van der Waals surface area (Å²) in [5.41, 5.74) is 2.19. The molecular weight excluding hydrogens is 346 g/mol. The summed E-state index contributed by atoms with van der Waals surface area (Å²) in [6, 6.07) is 13.8. The lowest BCUT2D eigenvalue weighted by Crippen LogP contribution is -2.32. The van der Waals surface area contributed by atoms with E-state index in [1.807, 2.05) is 24.3 Å². The van der Waals surface area contributed by atoms with Gasteiger partial charge in [0.1, 0.15) is 5.75 Å². The van der Waals surface area contributed by atoms with Crippen LogP contribution in [0.15, 0.2) is 53.4 Å². The van der Waals surface area contributed by atoms with E-state index in [1.165, 1.54) is 34.7 Å². The van der Waals surface area contributed by atoms with Crippen LogP contribution in [0.2, 0.25) is 5.02 Å². The van der Waals surface area contributed by atoms with Crippen molar-refractivity contribution in [2.24, 2.45) is 0 Å².